The summed E-state index contributed by atoms with van der Waals surface area (Å²) in [5, 5.41) is 0.985. The maximum absolute atomic E-state index is 5.38. The minimum Gasteiger partial charge on any atom is -0.379 e. The second kappa shape index (κ2) is 6.61. The van der Waals surface area contributed by atoms with E-state index >= 15 is 0 Å². The standard InChI is InChI=1S/C15H21N3OS/c16-5-6-19-7-8-20-15-17-13-9-11-3-1-2-4-12(11)10-14(13)18-15/h9-10H,1-8,16H2,(H,17,18). The van der Waals surface area contributed by atoms with Crippen LogP contribution in [0, 0.1) is 0 Å². The van der Waals surface area contributed by atoms with Gasteiger partial charge >= 0.3 is 0 Å². The molecule has 0 saturated heterocycles. The van der Waals surface area contributed by atoms with Crippen LogP contribution in [-0.2, 0) is 17.6 Å². The number of aryl methyl sites for hydroxylation is 2. The van der Waals surface area contributed by atoms with Crippen LogP contribution in [0.5, 0.6) is 0 Å². The summed E-state index contributed by atoms with van der Waals surface area (Å²) >= 11 is 1.71. The number of hydrogen-bond acceptors (Lipinski definition) is 4. The minimum atomic E-state index is 0.584. The number of benzene rings is 1. The summed E-state index contributed by atoms with van der Waals surface area (Å²) in [6, 6.07) is 4.54. The maximum Gasteiger partial charge on any atom is 0.166 e. The largest absolute Gasteiger partial charge is 0.379 e. The normalized spacial score (nSPS) is 14.7. The molecule has 3 N–H and O–H groups in total. The number of H-pyrrole nitrogens is 1. The zero-order chi connectivity index (χ0) is 13.8. The summed E-state index contributed by atoms with van der Waals surface area (Å²) < 4.78 is 5.37. The van der Waals surface area contributed by atoms with Crippen molar-refractivity contribution in [1.29, 1.82) is 0 Å². The Morgan fingerprint density at radius 2 is 2.00 bits per heavy atom. The van der Waals surface area contributed by atoms with Crippen LogP contribution < -0.4 is 5.73 Å². The summed E-state index contributed by atoms with van der Waals surface area (Å²) in [6.07, 6.45) is 5.03. The summed E-state index contributed by atoms with van der Waals surface area (Å²) in [7, 11) is 0. The molecule has 5 heteroatoms. The monoisotopic (exact) mass is 291 g/mol. The van der Waals surface area contributed by atoms with Crippen molar-refractivity contribution in [1.82, 2.24) is 9.97 Å². The fourth-order valence-electron chi connectivity index (χ4n) is 2.67. The van der Waals surface area contributed by atoms with Crippen molar-refractivity contribution in [3.8, 4) is 0 Å². The third-order valence-corrected chi connectivity index (χ3v) is 4.49. The van der Waals surface area contributed by atoms with E-state index in [-0.39, 0.29) is 0 Å². The molecule has 0 radical (unpaired) electrons. The number of ether oxygens (including phenoxy) is 1. The number of nitrogens with zero attached hydrogens (tertiary/aromatic N) is 1. The second-order valence-electron chi connectivity index (χ2n) is 5.14. The van der Waals surface area contributed by atoms with E-state index in [0.29, 0.717) is 13.2 Å². The molecule has 0 atom stereocenters. The van der Waals surface area contributed by atoms with Crippen LogP contribution in [0.4, 0.5) is 0 Å². The summed E-state index contributed by atoms with van der Waals surface area (Å²) in [5.41, 5.74) is 10.6. The fourth-order valence-corrected chi connectivity index (χ4v) is 3.41. The molecule has 1 heterocycles. The molecule has 0 unspecified atom stereocenters. The number of hydrogen-bond donors (Lipinski definition) is 2. The Morgan fingerprint density at radius 3 is 2.80 bits per heavy atom. The first-order chi connectivity index (χ1) is 9.86. The fraction of sp³-hybridized carbons (Fsp3) is 0.533. The maximum atomic E-state index is 5.38. The summed E-state index contributed by atoms with van der Waals surface area (Å²) in [4.78, 5) is 8.07. The SMILES string of the molecule is NCCOCCSc1nc2cc3c(cc2[nH]1)CCCC3. The Balaban J connectivity index is 1.67. The van der Waals surface area contributed by atoms with Crippen molar-refractivity contribution < 1.29 is 4.74 Å². The molecule has 1 aliphatic carbocycles. The number of imidazole rings is 1. The van der Waals surface area contributed by atoms with Crippen molar-refractivity contribution in [2.24, 2.45) is 5.73 Å². The molecule has 0 saturated carbocycles. The Hall–Kier alpha value is -1.04. The minimum absolute atomic E-state index is 0.584. The Kier molecular flexibility index (Phi) is 4.60. The van der Waals surface area contributed by atoms with Crippen LogP contribution in [0.2, 0.25) is 0 Å². The van der Waals surface area contributed by atoms with E-state index in [2.05, 4.69) is 22.1 Å². The number of nitrogens with two attached hydrogens (primary N) is 1. The van der Waals surface area contributed by atoms with Gasteiger partial charge in [-0.25, -0.2) is 4.98 Å². The van der Waals surface area contributed by atoms with E-state index in [0.717, 1.165) is 28.5 Å². The first-order valence-corrected chi connectivity index (χ1v) is 8.27. The van der Waals surface area contributed by atoms with Gasteiger partial charge in [-0.1, -0.05) is 11.8 Å². The van der Waals surface area contributed by atoms with Gasteiger partial charge in [-0.3, -0.25) is 0 Å². The van der Waals surface area contributed by atoms with Crippen LogP contribution in [0.15, 0.2) is 17.3 Å². The average molecular weight is 291 g/mol. The molecule has 1 aromatic heterocycles. The topological polar surface area (TPSA) is 63.9 Å². The number of nitrogens with one attached hydrogen (secondary N) is 1. The van der Waals surface area contributed by atoms with E-state index in [9.17, 15) is 0 Å². The number of aromatic nitrogens is 2. The van der Waals surface area contributed by atoms with Crippen LogP contribution in [0.3, 0.4) is 0 Å². The van der Waals surface area contributed by atoms with Gasteiger partial charge in [0.1, 0.15) is 0 Å². The third-order valence-electron chi connectivity index (χ3n) is 3.65. The molecule has 4 nitrogen and oxygen atoms in total. The van der Waals surface area contributed by atoms with E-state index in [1.165, 1.54) is 36.8 Å². The smallest absolute Gasteiger partial charge is 0.166 e. The highest BCUT2D eigenvalue weighted by molar-refractivity contribution is 7.99. The molecule has 1 aliphatic rings. The van der Waals surface area contributed by atoms with Gasteiger partial charge in [0.05, 0.1) is 24.2 Å². The zero-order valence-corrected chi connectivity index (χ0v) is 12.5. The molecule has 0 bridgehead atoms. The van der Waals surface area contributed by atoms with Crippen molar-refractivity contribution in [3.05, 3.63) is 23.3 Å². The quantitative estimate of drug-likeness (QED) is 0.634. The molecule has 0 fully saturated rings. The molecule has 3 rings (SSSR count). The van der Waals surface area contributed by atoms with Crippen molar-refractivity contribution >= 4 is 22.8 Å². The summed E-state index contributed by atoms with van der Waals surface area (Å²) in [5.74, 6) is 0.902. The van der Waals surface area contributed by atoms with Crippen LogP contribution in [0.1, 0.15) is 24.0 Å². The average Bonchev–Trinajstić information content (AvgIpc) is 2.86. The molecule has 0 spiro atoms. The number of fused-ring (bicyclic) bond motifs is 2. The van der Waals surface area contributed by atoms with E-state index in [1.54, 1.807) is 11.8 Å². The lowest BCUT2D eigenvalue weighted by Crippen LogP contribution is -2.09. The molecule has 0 amide bonds. The number of rotatable bonds is 6. The van der Waals surface area contributed by atoms with Gasteiger partial charge in [0, 0.05) is 12.3 Å². The first-order valence-electron chi connectivity index (χ1n) is 7.29. The number of aromatic amines is 1. The number of thioether (sulfide) groups is 1. The van der Waals surface area contributed by atoms with Crippen LogP contribution in [-0.4, -0.2) is 35.5 Å². The molecular weight excluding hydrogens is 270 g/mol. The van der Waals surface area contributed by atoms with Crippen molar-refractivity contribution in [2.75, 3.05) is 25.5 Å². The van der Waals surface area contributed by atoms with Crippen molar-refractivity contribution in [3.63, 3.8) is 0 Å². The van der Waals surface area contributed by atoms with Crippen LogP contribution in [0.25, 0.3) is 11.0 Å². The Labute approximate surface area is 123 Å². The first kappa shape index (κ1) is 13.9. The highest BCUT2D eigenvalue weighted by Crippen LogP contribution is 2.27. The van der Waals surface area contributed by atoms with Gasteiger partial charge in [-0.05, 0) is 48.9 Å². The molecular formula is C15H21N3OS. The predicted molar refractivity (Wildman–Crippen MR) is 83.3 cm³/mol. The van der Waals surface area contributed by atoms with Gasteiger partial charge in [-0.2, -0.15) is 0 Å². The Bertz CT molecular complexity index is 539. The zero-order valence-electron chi connectivity index (χ0n) is 11.7. The third kappa shape index (κ3) is 3.16. The lowest BCUT2D eigenvalue weighted by atomic mass is 9.91. The Morgan fingerprint density at radius 1 is 1.20 bits per heavy atom. The highest BCUT2D eigenvalue weighted by Gasteiger charge is 2.12. The van der Waals surface area contributed by atoms with Crippen molar-refractivity contribution in [2.45, 2.75) is 30.8 Å². The van der Waals surface area contributed by atoms with E-state index in [1.807, 2.05) is 0 Å². The van der Waals surface area contributed by atoms with E-state index in [4.69, 9.17) is 10.5 Å². The van der Waals surface area contributed by atoms with Gasteiger partial charge in [0.2, 0.25) is 0 Å². The molecule has 0 aliphatic heterocycles. The second-order valence-corrected chi connectivity index (χ2v) is 6.22. The van der Waals surface area contributed by atoms with Gasteiger partial charge in [0.15, 0.2) is 5.16 Å². The van der Waals surface area contributed by atoms with Crippen LogP contribution >= 0.6 is 11.8 Å². The summed E-state index contributed by atoms with van der Waals surface area (Å²) in [6.45, 7) is 1.93. The lowest BCUT2D eigenvalue weighted by molar-refractivity contribution is 0.158. The van der Waals surface area contributed by atoms with Gasteiger partial charge in [-0.15, -0.1) is 0 Å². The molecule has 108 valence electrons. The molecule has 20 heavy (non-hydrogen) atoms. The van der Waals surface area contributed by atoms with E-state index < -0.39 is 0 Å². The van der Waals surface area contributed by atoms with Gasteiger partial charge < -0.3 is 15.5 Å². The highest BCUT2D eigenvalue weighted by atomic mass is 32.2. The molecule has 2 aromatic rings. The predicted octanol–water partition coefficient (Wildman–Crippen LogP) is 2.51. The van der Waals surface area contributed by atoms with Gasteiger partial charge in [0.25, 0.3) is 0 Å². The molecule has 1 aromatic carbocycles. The lowest BCUT2D eigenvalue weighted by Gasteiger charge is -2.14.